The molecule has 0 atom stereocenters. The average Bonchev–Trinajstić information content (AvgIpc) is 2.31. The standard InChI is InChI=1S/C13H17NO/c1-15-13-9-5-8-12(10-13)14-11-6-3-2-4-7-11/h5,8-10H,2-4,6-7H2,1H3. The molecule has 1 fully saturated rings. The monoisotopic (exact) mass is 203 g/mol. The van der Waals surface area contributed by atoms with Gasteiger partial charge in [-0.05, 0) is 37.8 Å². The van der Waals surface area contributed by atoms with Gasteiger partial charge in [0.1, 0.15) is 5.75 Å². The molecule has 0 radical (unpaired) electrons. The number of hydrogen-bond donors (Lipinski definition) is 0. The van der Waals surface area contributed by atoms with Crippen molar-refractivity contribution in [2.75, 3.05) is 7.11 Å². The van der Waals surface area contributed by atoms with Crippen LogP contribution in [0.2, 0.25) is 0 Å². The van der Waals surface area contributed by atoms with Gasteiger partial charge in [-0.15, -0.1) is 0 Å². The topological polar surface area (TPSA) is 21.6 Å². The van der Waals surface area contributed by atoms with Crippen molar-refractivity contribution in [2.24, 2.45) is 4.99 Å². The van der Waals surface area contributed by atoms with Crippen LogP contribution in [0.15, 0.2) is 29.3 Å². The molecule has 2 heteroatoms. The second-order valence-corrected chi connectivity index (χ2v) is 3.94. The fourth-order valence-electron chi connectivity index (χ4n) is 1.93. The van der Waals surface area contributed by atoms with Gasteiger partial charge in [0.25, 0.3) is 0 Å². The normalized spacial score (nSPS) is 16.2. The summed E-state index contributed by atoms with van der Waals surface area (Å²) < 4.78 is 5.17. The Morgan fingerprint density at radius 2 is 1.93 bits per heavy atom. The summed E-state index contributed by atoms with van der Waals surface area (Å²) in [4.78, 5) is 4.66. The summed E-state index contributed by atoms with van der Waals surface area (Å²) in [7, 11) is 1.69. The van der Waals surface area contributed by atoms with Gasteiger partial charge in [0.2, 0.25) is 0 Å². The summed E-state index contributed by atoms with van der Waals surface area (Å²) in [6.07, 6.45) is 6.27. The second-order valence-electron chi connectivity index (χ2n) is 3.94. The third-order valence-corrected chi connectivity index (χ3v) is 2.77. The summed E-state index contributed by atoms with van der Waals surface area (Å²) in [6.45, 7) is 0. The molecule has 0 bridgehead atoms. The van der Waals surface area contributed by atoms with Gasteiger partial charge in [-0.3, -0.25) is 4.99 Å². The predicted molar refractivity (Wildman–Crippen MR) is 63.2 cm³/mol. The van der Waals surface area contributed by atoms with Crippen molar-refractivity contribution >= 4 is 11.4 Å². The van der Waals surface area contributed by atoms with Crippen LogP contribution in [0.1, 0.15) is 32.1 Å². The molecule has 0 spiro atoms. The van der Waals surface area contributed by atoms with E-state index in [1.165, 1.54) is 25.0 Å². The zero-order chi connectivity index (χ0) is 10.5. The number of benzene rings is 1. The number of nitrogens with zero attached hydrogens (tertiary/aromatic N) is 1. The number of hydrogen-bond acceptors (Lipinski definition) is 2. The molecule has 1 aromatic rings. The predicted octanol–water partition coefficient (Wildman–Crippen LogP) is 3.73. The molecule has 0 N–H and O–H groups in total. The van der Waals surface area contributed by atoms with Crippen molar-refractivity contribution in [3.05, 3.63) is 24.3 Å². The third kappa shape index (κ3) is 2.82. The molecule has 0 heterocycles. The molecule has 2 nitrogen and oxygen atoms in total. The van der Waals surface area contributed by atoms with E-state index >= 15 is 0 Å². The number of rotatable bonds is 2. The minimum atomic E-state index is 0.882. The molecule has 1 saturated carbocycles. The summed E-state index contributed by atoms with van der Waals surface area (Å²) in [5, 5.41) is 0. The number of methoxy groups -OCH3 is 1. The fourth-order valence-corrected chi connectivity index (χ4v) is 1.93. The molecule has 0 aromatic heterocycles. The van der Waals surface area contributed by atoms with E-state index in [0.717, 1.165) is 24.3 Å². The second kappa shape index (κ2) is 4.96. The molecular weight excluding hydrogens is 186 g/mol. The molecular formula is C13H17NO. The van der Waals surface area contributed by atoms with Crippen molar-refractivity contribution < 1.29 is 4.74 Å². The molecule has 0 saturated heterocycles. The third-order valence-electron chi connectivity index (χ3n) is 2.77. The van der Waals surface area contributed by atoms with E-state index in [4.69, 9.17) is 4.74 Å². The van der Waals surface area contributed by atoms with Gasteiger partial charge < -0.3 is 4.74 Å². The Morgan fingerprint density at radius 3 is 2.67 bits per heavy atom. The van der Waals surface area contributed by atoms with Gasteiger partial charge in [0, 0.05) is 11.8 Å². The lowest BCUT2D eigenvalue weighted by molar-refractivity contribution is 0.415. The molecule has 1 aliphatic carbocycles. The Kier molecular flexibility index (Phi) is 3.38. The quantitative estimate of drug-likeness (QED) is 0.717. The van der Waals surface area contributed by atoms with Crippen LogP contribution in [0.5, 0.6) is 5.75 Å². The van der Waals surface area contributed by atoms with Crippen LogP contribution in [0.3, 0.4) is 0 Å². The molecule has 15 heavy (non-hydrogen) atoms. The van der Waals surface area contributed by atoms with Crippen molar-refractivity contribution in [3.63, 3.8) is 0 Å². The maximum Gasteiger partial charge on any atom is 0.121 e. The molecule has 0 amide bonds. The van der Waals surface area contributed by atoms with Gasteiger partial charge in [-0.1, -0.05) is 12.5 Å². The van der Waals surface area contributed by atoms with Crippen LogP contribution in [-0.4, -0.2) is 12.8 Å². The highest BCUT2D eigenvalue weighted by Gasteiger charge is 2.06. The maximum absolute atomic E-state index is 5.17. The summed E-state index contributed by atoms with van der Waals surface area (Å²) >= 11 is 0. The molecule has 80 valence electrons. The summed E-state index contributed by atoms with van der Waals surface area (Å²) in [5.41, 5.74) is 2.36. The van der Waals surface area contributed by atoms with Crippen LogP contribution in [0.4, 0.5) is 5.69 Å². The highest BCUT2D eigenvalue weighted by Crippen LogP contribution is 2.23. The van der Waals surface area contributed by atoms with Crippen molar-refractivity contribution in [1.82, 2.24) is 0 Å². The number of aliphatic imine (C=N–C) groups is 1. The van der Waals surface area contributed by atoms with Gasteiger partial charge in [-0.2, -0.15) is 0 Å². The van der Waals surface area contributed by atoms with Crippen LogP contribution in [-0.2, 0) is 0 Å². The highest BCUT2D eigenvalue weighted by atomic mass is 16.5. The Hall–Kier alpha value is -1.31. The number of ether oxygens (including phenoxy) is 1. The zero-order valence-corrected chi connectivity index (χ0v) is 9.20. The van der Waals surface area contributed by atoms with Gasteiger partial charge in [-0.25, -0.2) is 0 Å². The van der Waals surface area contributed by atoms with Crippen molar-refractivity contribution in [1.29, 1.82) is 0 Å². The molecule has 0 aliphatic heterocycles. The Bertz CT molecular complexity index is 349. The fraction of sp³-hybridized carbons (Fsp3) is 0.462. The smallest absolute Gasteiger partial charge is 0.121 e. The van der Waals surface area contributed by atoms with Gasteiger partial charge >= 0.3 is 0 Å². The molecule has 2 rings (SSSR count). The first-order chi connectivity index (χ1) is 7.38. The minimum absolute atomic E-state index is 0.882. The van der Waals surface area contributed by atoms with Crippen LogP contribution >= 0.6 is 0 Å². The van der Waals surface area contributed by atoms with E-state index in [9.17, 15) is 0 Å². The van der Waals surface area contributed by atoms with Crippen molar-refractivity contribution in [3.8, 4) is 5.75 Å². The zero-order valence-electron chi connectivity index (χ0n) is 9.20. The highest BCUT2D eigenvalue weighted by molar-refractivity contribution is 5.87. The SMILES string of the molecule is COc1cccc(N=C2CCCCC2)c1. The maximum atomic E-state index is 5.17. The molecule has 0 unspecified atom stereocenters. The average molecular weight is 203 g/mol. The van der Waals surface area contributed by atoms with Crippen molar-refractivity contribution in [2.45, 2.75) is 32.1 Å². The van der Waals surface area contributed by atoms with E-state index in [2.05, 4.69) is 4.99 Å². The minimum Gasteiger partial charge on any atom is -0.497 e. The molecule has 1 aliphatic rings. The Morgan fingerprint density at radius 1 is 1.13 bits per heavy atom. The molecule has 1 aromatic carbocycles. The van der Waals surface area contributed by atoms with E-state index < -0.39 is 0 Å². The Labute approximate surface area is 91.0 Å². The summed E-state index contributed by atoms with van der Waals surface area (Å²) in [6, 6.07) is 7.96. The lowest BCUT2D eigenvalue weighted by Crippen LogP contribution is -2.03. The summed E-state index contributed by atoms with van der Waals surface area (Å²) in [5.74, 6) is 0.882. The van der Waals surface area contributed by atoms with E-state index in [1.54, 1.807) is 7.11 Å². The lowest BCUT2D eigenvalue weighted by Gasteiger charge is -2.12. The van der Waals surface area contributed by atoms with E-state index in [1.807, 2.05) is 24.3 Å². The first-order valence-electron chi connectivity index (χ1n) is 5.59. The first-order valence-corrected chi connectivity index (χ1v) is 5.59. The van der Waals surface area contributed by atoms with Crippen LogP contribution in [0.25, 0.3) is 0 Å². The van der Waals surface area contributed by atoms with Crippen LogP contribution < -0.4 is 4.74 Å². The van der Waals surface area contributed by atoms with Gasteiger partial charge in [0.15, 0.2) is 0 Å². The van der Waals surface area contributed by atoms with E-state index in [0.29, 0.717) is 0 Å². The van der Waals surface area contributed by atoms with E-state index in [-0.39, 0.29) is 0 Å². The largest absolute Gasteiger partial charge is 0.497 e. The Balaban J connectivity index is 2.14. The first kappa shape index (κ1) is 10.2. The van der Waals surface area contributed by atoms with Gasteiger partial charge in [0.05, 0.1) is 12.8 Å². The van der Waals surface area contributed by atoms with Crippen LogP contribution in [0, 0.1) is 0 Å². The lowest BCUT2D eigenvalue weighted by atomic mass is 9.98.